The van der Waals surface area contributed by atoms with E-state index in [0.29, 0.717) is 26.2 Å². The average molecular weight is 430 g/mol. The number of ether oxygens (including phenoxy) is 2. The number of rotatable bonds is 8. The molecule has 4 rings (SSSR count). The van der Waals surface area contributed by atoms with Crippen molar-refractivity contribution in [2.75, 3.05) is 33.4 Å². The van der Waals surface area contributed by atoms with Crippen LogP contribution in [-0.2, 0) is 32.9 Å². The maximum Gasteiger partial charge on any atom is 0.225 e. The fraction of sp³-hybridized carbons (Fsp3) is 0.565. The Bertz CT molecular complexity index is 834. The molecule has 2 atom stereocenters. The van der Waals surface area contributed by atoms with E-state index in [1.807, 2.05) is 10.9 Å². The molecular formula is C23H31N3O3S. The number of thiazole rings is 1. The molecule has 2 aliphatic rings. The summed E-state index contributed by atoms with van der Waals surface area (Å²) >= 11 is 1.58. The molecule has 0 radical (unpaired) electrons. The van der Waals surface area contributed by atoms with Crippen LogP contribution in [0.25, 0.3) is 0 Å². The number of hydrogen-bond donors (Lipinski definition) is 1. The minimum Gasteiger partial charge on any atom is -0.383 e. The molecule has 1 amide bonds. The summed E-state index contributed by atoms with van der Waals surface area (Å²) in [5.41, 5.74) is 5.34. The maximum atomic E-state index is 13.0. The monoisotopic (exact) mass is 429 g/mol. The van der Waals surface area contributed by atoms with E-state index < -0.39 is 0 Å². The predicted molar refractivity (Wildman–Crippen MR) is 117 cm³/mol. The van der Waals surface area contributed by atoms with Crippen molar-refractivity contribution in [3.05, 3.63) is 52.0 Å². The number of methoxy groups -OCH3 is 1. The summed E-state index contributed by atoms with van der Waals surface area (Å²) in [5.74, 6) is -0.0647. The predicted octanol–water partition coefficient (Wildman–Crippen LogP) is 2.97. The molecule has 2 aliphatic heterocycles. The number of likely N-dealkylation sites (tertiary alicyclic amines) is 1. The van der Waals surface area contributed by atoms with E-state index >= 15 is 0 Å². The average Bonchev–Trinajstić information content (AvgIpc) is 3.41. The number of nitrogens with zero attached hydrogens (tertiary/aromatic N) is 2. The van der Waals surface area contributed by atoms with Crippen LogP contribution in [0.5, 0.6) is 0 Å². The number of benzene rings is 1. The van der Waals surface area contributed by atoms with E-state index in [2.05, 4.69) is 46.4 Å². The van der Waals surface area contributed by atoms with E-state index in [4.69, 9.17) is 9.47 Å². The molecule has 1 spiro atoms. The zero-order chi connectivity index (χ0) is 21.0. The van der Waals surface area contributed by atoms with E-state index in [1.54, 1.807) is 18.4 Å². The lowest BCUT2D eigenvalue weighted by molar-refractivity contribution is -0.128. The molecule has 2 aromatic rings. The number of amides is 1. The second-order valence-corrected chi connectivity index (χ2v) is 9.01. The number of piperidine rings is 1. The third kappa shape index (κ3) is 4.44. The largest absolute Gasteiger partial charge is 0.383 e. The topological polar surface area (TPSA) is 63.7 Å². The zero-order valence-electron chi connectivity index (χ0n) is 17.8. The Kier molecular flexibility index (Phi) is 6.83. The van der Waals surface area contributed by atoms with E-state index in [0.717, 1.165) is 31.6 Å². The maximum absolute atomic E-state index is 13.0. The first-order chi connectivity index (χ1) is 14.6. The molecule has 0 aliphatic carbocycles. The molecule has 0 saturated carbocycles. The molecule has 162 valence electrons. The smallest absolute Gasteiger partial charge is 0.225 e. The Balaban J connectivity index is 1.43. The van der Waals surface area contributed by atoms with Gasteiger partial charge in [0.2, 0.25) is 5.91 Å². The van der Waals surface area contributed by atoms with Gasteiger partial charge >= 0.3 is 0 Å². The lowest BCUT2D eigenvalue weighted by Crippen LogP contribution is -2.51. The Labute approximate surface area is 182 Å². The van der Waals surface area contributed by atoms with Crippen molar-refractivity contribution in [1.29, 1.82) is 0 Å². The van der Waals surface area contributed by atoms with Gasteiger partial charge in [0.25, 0.3) is 0 Å². The molecule has 7 heteroatoms. The molecule has 1 saturated heterocycles. The summed E-state index contributed by atoms with van der Waals surface area (Å²) in [4.78, 5) is 19.9. The van der Waals surface area contributed by atoms with Gasteiger partial charge in [-0.1, -0.05) is 24.3 Å². The number of nitrogens with one attached hydrogen (secondary N) is 1. The fourth-order valence-corrected chi connectivity index (χ4v) is 5.37. The zero-order valence-corrected chi connectivity index (χ0v) is 18.6. The summed E-state index contributed by atoms with van der Waals surface area (Å²) in [7, 11) is 1.65. The van der Waals surface area contributed by atoms with Gasteiger partial charge in [-0.25, -0.2) is 4.98 Å². The van der Waals surface area contributed by atoms with Gasteiger partial charge in [0.05, 0.1) is 35.9 Å². The quantitative estimate of drug-likeness (QED) is 0.654. The van der Waals surface area contributed by atoms with Gasteiger partial charge in [-0.3, -0.25) is 9.69 Å². The Morgan fingerprint density at radius 2 is 2.17 bits per heavy atom. The molecule has 3 heterocycles. The van der Waals surface area contributed by atoms with Crippen LogP contribution >= 0.6 is 11.3 Å². The van der Waals surface area contributed by atoms with Crippen molar-refractivity contribution in [2.45, 2.75) is 44.4 Å². The van der Waals surface area contributed by atoms with Crippen molar-refractivity contribution in [3.63, 3.8) is 0 Å². The molecule has 1 aromatic carbocycles. The van der Waals surface area contributed by atoms with Gasteiger partial charge < -0.3 is 14.8 Å². The van der Waals surface area contributed by atoms with Crippen molar-refractivity contribution in [1.82, 2.24) is 15.2 Å². The normalized spacial score (nSPS) is 20.1. The van der Waals surface area contributed by atoms with Gasteiger partial charge in [0.15, 0.2) is 0 Å². The van der Waals surface area contributed by atoms with Crippen LogP contribution in [0.1, 0.15) is 36.6 Å². The van der Waals surface area contributed by atoms with E-state index in [9.17, 15) is 4.79 Å². The first-order valence-corrected chi connectivity index (χ1v) is 11.7. The highest BCUT2D eigenvalue weighted by Crippen LogP contribution is 2.44. The van der Waals surface area contributed by atoms with Crippen molar-refractivity contribution in [3.8, 4) is 0 Å². The number of hydrogen-bond acceptors (Lipinski definition) is 6. The molecule has 1 aromatic heterocycles. The Hall–Kier alpha value is -1.80. The van der Waals surface area contributed by atoms with Crippen molar-refractivity contribution >= 4 is 17.2 Å². The van der Waals surface area contributed by atoms with Crippen molar-refractivity contribution in [2.24, 2.45) is 5.92 Å². The van der Waals surface area contributed by atoms with Gasteiger partial charge in [0, 0.05) is 44.6 Å². The number of carbonyl (C=O) groups excluding carboxylic acids is 1. The van der Waals surface area contributed by atoms with Crippen LogP contribution in [-0.4, -0.2) is 55.2 Å². The van der Waals surface area contributed by atoms with Crippen LogP contribution in [0.15, 0.2) is 35.2 Å². The van der Waals surface area contributed by atoms with E-state index in [1.165, 1.54) is 11.1 Å². The summed E-state index contributed by atoms with van der Waals surface area (Å²) < 4.78 is 11.4. The van der Waals surface area contributed by atoms with E-state index in [-0.39, 0.29) is 23.5 Å². The molecule has 1 N–H and O–H groups in total. The highest BCUT2D eigenvalue weighted by molar-refractivity contribution is 7.07. The van der Waals surface area contributed by atoms with Crippen molar-refractivity contribution < 1.29 is 14.3 Å². The molecule has 1 fully saturated rings. The second kappa shape index (κ2) is 9.56. The van der Waals surface area contributed by atoms with Crippen LogP contribution in [0, 0.1) is 5.92 Å². The third-order valence-electron chi connectivity index (χ3n) is 6.63. The van der Waals surface area contributed by atoms with Gasteiger partial charge in [-0.05, 0) is 30.9 Å². The minimum atomic E-state index is -0.155. The number of aromatic nitrogens is 1. The SMILES string of the molecule is COCCNC(=O)C(Cc1cscn1)C(C)N1CCC2(CC1)OCc1ccccc12. The molecule has 0 bridgehead atoms. The first kappa shape index (κ1) is 21.4. The summed E-state index contributed by atoms with van der Waals surface area (Å²) in [6.07, 6.45) is 2.58. The third-order valence-corrected chi connectivity index (χ3v) is 7.27. The standard InChI is InChI=1S/C23H31N3O3S/c1-17(20(13-19-15-30-16-25-19)22(27)24-9-12-28-2)26-10-7-23(8-11-26)21-6-4-3-5-18(21)14-29-23/h3-6,15-17,20H,7-14H2,1-2H3,(H,24,27). The van der Waals surface area contributed by atoms with Crippen LogP contribution in [0.3, 0.4) is 0 Å². The Morgan fingerprint density at radius 3 is 2.90 bits per heavy atom. The summed E-state index contributed by atoms with van der Waals surface area (Å²) in [6.45, 7) is 5.78. The molecular weight excluding hydrogens is 398 g/mol. The summed E-state index contributed by atoms with van der Waals surface area (Å²) in [5, 5.41) is 5.08. The fourth-order valence-electron chi connectivity index (χ4n) is 4.80. The van der Waals surface area contributed by atoms with Crippen LogP contribution < -0.4 is 5.32 Å². The highest BCUT2D eigenvalue weighted by Gasteiger charge is 2.44. The first-order valence-electron chi connectivity index (χ1n) is 10.7. The van der Waals surface area contributed by atoms with Crippen LogP contribution in [0.4, 0.5) is 0 Å². The lowest BCUT2D eigenvalue weighted by atomic mass is 9.82. The summed E-state index contributed by atoms with van der Waals surface area (Å²) in [6, 6.07) is 8.72. The number of carbonyl (C=O) groups is 1. The second-order valence-electron chi connectivity index (χ2n) is 8.29. The Morgan fingerprint density at radius 1 is 1.37 bits per heavy atom. The van der Waals surface area contributed by atoms with Gasteiger partial charge in [0.1, 0.15) is 0 Å². The van der Waals surface area contributed by atoms with Gasteiger partial charge in [-0.2, -0.15) is 0 Å². The number of fused-ring (bicyclic) bond motifs is 2. The molecule has 2 unspecified atom stereocenters. The van der Waals surface area contributed by atoms with Crippen LogP contribution in [0.2, 0.25) is 0 Å². The lowest BCUT2D eigenvalue weighted by Gasteiger charge is -2.43. The molecule has 30 heavy (non-hydrogen) atoms. The molecule has 6 nitrogen and oxygen atoms in total. The minimum absolute atomic E-state index is 0.0790. The van der Waals surface area contributed by atoms with Gasteiger partial charge in [-0.15, -0.1) is 11.3 Å². The highest BCUT2D eigenvalue weighted by atomic mass is 32.1.